The van der Waals surface area contributed by atoms with Crippen molar-refractivity contribution >= 4 is 39.5 Å². The molecule has 0 radical (unpaired) electrons. The lowest BCUT2D eigenvalue weighted by molar-refractivity contribution is -0.161. The smallest absolute Gasteiger partial charge is 0.462 e. The van der Waals surface area contributed by atoms with Crippen molar-refractivity contribution in [2.45, 2.75) is 491 Å². The molecule has 0 spiro atoms. The minimum Gasteiger partial charge on any atom is -0.462 e. The molecule has 0 aliphatic heterocycles. The van der Waals surface area contributed by atoms with Crippen LogP contribution in [0.1, 0.15) is 473 Å². The highest BCUT2D eigenvalue weighted by molar-refractivity contribution is 7.47. The molecular weight excluding hydrogens is 1410 g/mol. The Balaban J connectivity index is 5.19. The number of hydrogen-bond acceptors (Lipinski definition) is 15. The fourth-order valence-corrected chi connectivity index (χ4v) is 15.6. The molecule has 17 nitrogen and oxygen atoms in total. The van der Waals surface area contributed by atoms with Gasteiger partial charge < -0.3 is 33.8 Å². The van der Waals surface area contributed by atoms with Gasteiger partial charge in [0.1, 0.15) is 19.3 Å². The second-order valence-corrected chi connectivity index (χ2v) is 36.9. The van der Waals surface area contributed by atoms with Gasteiger partial charge in [-0.25, -0.2) is 9.13 Å². The maximum absolute atomic E-state index is 13.2. The van der Waals surface area contributed by atoms with Crippen molar-refractivity contribution in [3.63, 3.8) is 0 Å². The lowest BCUT2D eigenvalue weighted by Gasteiger charge is -2.21. The first-order chi connectivity index (χ1) is 52.6. The van der Waals surface area contributed by atoms with Gasteiger partial charge in [0.2, 0.25) is 0 Å². The van der Waals surface area contributed by atoms with Crippen molar-refractivity contribution < 1.29 is 80.2 Å². The molecular formula is C90H176O17P2. The third-order valence-corrected chi connectivity index (χ3v) is 23.3. The van der Waals surface area contributed by atoms with Gasteiger partial charge in [-0.1, -0.05) is 421 Å². The summed E-state index contributed by atoms with van der Waals surface area (Å²) < 4.78 is 69.0. The van der Waals surface area contributed by atoms with Crippen LogP contribution >= 0.6 is 15.6 Å². The van der Waals surface area contributed by atoms with Gasteiger partial charge in [0.25, 0.3) is 0 Å². The third kappa shape index (κ3) is 82.4. The normalized spacial score (nSPS) is 14.1. The van der Waals surface area contributed by atoms with E-state index in [0.29, 0.717) is 31.6 Å². The van der Waals surface area contributed by atoms with Gasteiger partial charge in [0.05, 0.1) is 26.4 Å². The highest BCUT2D eigenvalue weighted by atomic mass is 31.2. The number of hydrogen-bond donors (Lipinski definition) is 3. The molecule has 648 valence electrons. The minimum absolute atomic E-state index is 0.107. The average Bonchev–Trinajstić information content (AvgIpc) is 0.897. The molecule has 0 aromatic rings. The molecule has 0 aromatic carbocycles. The standard InChI is InChI=1S/C90H176O17P2/c1-9-83(8)69-61-53-45-37-31-25-19-15-11-13-16-20-26-32-38-46-54-62-70-87(92)100-76-85(106-89(94)73-65-57-48-40-34-28-22-24-30-36-43-51-59-67-81(4)5)78-104-108(96,97)102-74-84(91)75-103-109(98,99)105-79-86(77-101-88(93)71-63-55-49-41-44-52-60-68-82(6)7)107-90(95)72-64-56-47-39-33-27-21-17-12-10-14-18-23-29-35-42-50-58-66-80(2)3/h80-86,91H,9-79H2,1-8H3,(H,96,97)(H,98,99)/t83?,84?,85-,86-/m1/s1. The van der Waals surface area contributed by atoms with Crippen LogP contribution in [0.5, 0.6) is 0 Å². The maximum atomic E-state index is 13.2. The van der Waals surface area contributed by atoms with E-state index in [1.807, 2.05) is 0 Å². The summed E-state index contributed by atoms with van der Waals surface area (Å²) in [5.41, 5.74) is 0. The fraction of sp³-hybridized carbons (Fsp3) is 0.956. The molecule has 3 N–H and O–H groups in total. The van der Waals surface area contributed by atoms with Gasteiger partial charge in [-0.2, -0.15) is 0 Å². The zero-order valence-corrected chi connectivity index (χ0v) is 74.0. The Labute approximate surface area is 670 Å². The predicted octanol–water partition coefficient (Wildman–Crippen LogP) is 27.5. The summed E-state index contributed by atoms with van der Waals surface area (Å²) in [5.74, 6) is 1.08. The van der Waals surface area contributed by atoms with Gasteiger partial charge in [0, 0.05) is 25.7 Å². The van der Waals surface area contributed by atoms with Crippen LogP contribution in [-0.4, -0.2) is 96.7 Å². The van der Waals surface area contributed by atoms with E-state index in [9.17, 15) is 43.2 Å². The van der Waals surface area contributed by atoms with Crippen LogP contribution in [0.15, 0.2) is 0 Å². The summed E-state index contributed by atoms with van der Waals surface area (Å²) in [5, 5.41) is 10.7. The highest BCUT2D eigenvalue weighted by Crippen LogP contribution is 2.45. The highest BCUT2D eigenvalue weighted by Gasteiger charge is 2.31. The van der Waals surface area contributed by atoms with Gasteiger partial charge in [0.15, 0.2) is 12.2 Å². The first kappa shape index (κ1) is 107. The summed E-state index contributed by atoms with van der Waals surface area (Å²) in [4.78, 5) is 73.3. The molecule has 0 bridgehead atoms. The molecule has 19 heteroatoms. The van der Waals surface area contributed by atoms with Crippen LogP contribution < -0.4 is 0 Å². The van der Waals surface area contributed by atoms with Gasteiger partial charge in [-0.15, -0.1) is 0 Å². The number of aliphatic hydroxyl groups is 1. The van der Waals surface area contributed by atoms with E-state index in [1.54, 1.807) is 0 Å². The Hall–Kier alpha value is -1.94. The van der Waals surface area contributed by atoms with Crippen LogP contribution in [0.2, 0.25) is 0 Å². The summed E-state index contributed by atoms with van der Waals surface area (Å²) in [6, 6.07) is 0. The van der Waals surface area contributed by atoms with Crippen molar-refractivity contribution in [1.29, 1.82) is 0 Å². The van der Waals surface area contributed by atoms with Crippen LogP contribution in [0, 0.1) is 23.7 Å². The Kier molecular flexibility index (Phi) is 77.2. The van der Waals surface area contributed by atoms with Crippen molar-refractivity contribution in [1.82, 2.24) is 0 Å². The molecule has 0 aliphatic rings. The van der Waals surface area contributed by atoms with Gasteiger partial charge in [-0.3, -0.25) is 37.3 Å². The Morgan fingerprint density at radius 2 is 0.440 bits per heavy atom. The molecule has 109 heavy (non-hydrogen) atoms. The number of phosphoric ester groups is 2. The van der Waals surface area contributed by atoms with Crippen molar-refractivity contribution in [2.24, 2.45) is 23.7 Å². The number of phosphoric acid groups is 2. The topological polar surface area (TPSA) is 237 Å². The summed E-state index contributed by atoms with van der Waals surface area (Å²) in [6.07, 6.45) is 69.6. The summed E-state index contributed by atoms with van der Waals surface area (Å²) >= 11 is 0. The first-order valence-electron chi connectivity index (χ1n) is 46.2. The zero-order valence-electron chi connectivity index (χ0n) is 72.2. The Morgan fingerprint density at radius 1 is 0.257 bits per heavy atom. The molecule has 0 heterocycles. The number of rotatable bonds is 87. The molecule has 0 amide bonds. The van der Waals surface area contributed by atoms with E-state index >= 15 is 0 Å². The van der Waals surface area contributed by atoms with Crippen LogP contribution in [0.25, 0.3) is 0 Å². The van der Waals surface area contributed by atoms with E-state index in [-0.39, 0.29) is 25.7 Å². The molecule has 0 aliphatic carbocycles. The van der Waals surface area contributed by atoms with Crippen molar-refractivity contribution in [3.05, 3.63) is 0 Å². The molecule has 6 atom stereocenters. The van der Waals surface area contributed by atoms with Crippen LogP contribution in [0.4, 0.5) is 0 Å². The molecule has 4 unspecified atom stereocenters. The van der Waals surface area contributed by atoms with E-state index < -0.39 is 97.5 Å². The van der Waals surface area contributed by atoms with Gasteiger partial charge >= 0.3 is 39.5 Å². The van der Waals surface area contributed by atoms with Crippen molar-refractivity contribution in [3.8, 4) is 0 Å². The van der Waals surface area contributed by atoms with E-state index in [0.717, 1.165) is 114 Å². The fourth-order valence-electron chi connectivity index (χ4n) is 14.0. The lowest BCUT2D eigenvalue weighted by Crippen LogP contribution is -2.30. The monoisotopic (exact) mass is 1590 g/mol. The molecule has 0 fully saturated rings. The second-order valence-electron chi connectivity index (χ2n) is 34.0. The van der Waals surface area contributed by atoms with Crippen LogP contribution in [-0.2, 0) is 65.4 Å². The van der Waals surface area contributed by atoms with E-state index in [2.05, 4.69) is 55.4 Å². The van der Waals surface area contributed by atoms with Crippen LogP contribution in [0.3, 0.4) is 0 Å². The predicted molar refractivity (Wildman–Crippen MR) is 451 cm³/mol. The van der Waals surface area contributed by atoms with E-state index in [1.165, 1.54) is 270 Å². The largest absolute Gasteiger partial charge is 0.472 e. The zero-order chi connectivity index (χ0) is 80.2. The van der Waals surface area contributed by atoms with E-state index in [4.69, 9.17) is 37.0 Å². The number of aliphatic hydroxyl groups excluding tert-OH is 1. The average molecular weight is 1590 g/mol. The molecule has 0 saturated heterocycles. The number of carbonyl (C=O) groups is 4. The second kappa shape index (κ2) is 78.6. The summed E-state index contributed by atoms with van der Waals surface area (Å²) in [7, 11) is -9.93. The summed E-state index contributed by atoms with van der Waals surface area (Å²) in [6.45, 7) is 14.4. The number of unbranched alkanes of at least 4 members (excludes halogenated alkanes) is 52. The minimum atomic E-state index is -4.97. The maximum Gasteiger partial charge on any atom is 0.472 e. The molecule has 0 rings (SSSR count). The van der Waals surface area contributed by atoms with Crippen molar-refractivity contribution in [2.75, 3.05) is 39.6 Å². The number of ether oxygens (including phenoxy) is 4. The molecule has 0 aromatic heterocycles. The molecule has 0 saturated carbocycles. The number of carbonyl (C=O) groups excluding carboxylic acids is 4. The van der Waals surface area contributed by atoms with Gasteiger partial charge in [-0.05, 0) is 49.4 Å². The Bertz CT molecular complexity index is 2110. The lowest BCUT2D eigenvalue weighted by atomic mass is 9.99. The first-order valence-corrected chi connectivity index (χ1v) is 49.2. The Morgan fingerprint density at radius 3 is 0.651 bits per heavy atom. The SMILES string of the molecule is CCC(C)CCCCCCCCCCCCCCCCCCCCC(=O)OC[C@H](COP(=O)(O)OCC(O)COP(=O)(O)OC[C@@H](COC(=O)CCCCCCCCCC(C)C)OC(=O)CCCCCCCCCCCCCCCCCCCCC(C)C)OC(=O)CCCCCCCCCCCCCCCC(C)C. The number of esters is 4. The quantitative estimate of drug-likeness (QED) is 0.0222. The third-order valence-electron chi connectivity index (χ3n) is 21.4.